The molecular weight excluding hydrogens is 344 g/mol. The normalized spacial score (nSPS) is 26.3. The highest BCUT2D eigenvalue weighted by Crippen LogP contribution is 2.49. The monoisotopic (exact) mass is 382 g/mol. The molecule has 0 amide bonds. The highest BCUT2D eigenvalue weighted by Gasteiger charge is 2.62. The fourth-order valence-corrected chi connectivity index (χ4v) is 4.22. The number of rotatable bonds is 14. The van der Waals surface area contributed by atoms with Crippen LogP contribution >= 0.6 is 0 Å². The molecule has 5 heteroatoms. The molecule has 3 unspecified atom stereocenters. The lowest BCUT2D eigenvalue weighted by Gasteiger charge is -2.29. The number of ether oxygens (including phenoxy) is 3. The molecule has 0 N–H and O–H groups in total. The van der Waals surface area contributed by atoms with Crippen LogP contribution < -0.4 is 0 Å². The highest BCUT2D eigenvalue weighted by molar-refractivity contribution is 5.89. The Kier molecular flexibility index (Phi) is 9.60. The Morgan fingerprint density at radius 3 is 2.07 bits per heavy atom. The fraction of sp³-hybridized carbons (Fsp3) is 0.909. The predicted molar refractivity (Wildman–Crippen MR) is 104 cm³/mol. The zero-order chi connectivity index (χ0) is 19.5. The first-order valence-electron chi connectivity index (χ1n) is 11.2. The zero-order valence-corrected chi connectivity index (χ0v) is 17.3. The standard InChI is InChI=1S/C22H38O5/c1-3-5-7-9-11-15-25-20(23)19-17-18-13-14-22(19,27-18)21(24)26-16-12-10-8-6-4-2/h18-19H,3-17H2,1-2H3. The van der Waals surface area contributed by atoms with Crippen LogP contribution in [-0.2, 0) is 23.8 Å². The van der Waals surface area contributed by atoms with E-state index in [0.717, 1.165) is 32.1 Å². The van der Waals surface area contributed by atoms with Crippen molar-refractivity contribution in [2.45, 2.75) is 109 Å². The summed E-state index contributed by atoms with van der Waals surface area (Å²) in [6.07, 6.45) is 13.1. The van der Waals surface area contributed by atoms with Crippen LogP contribution in [0.1, 0.15) is 97.3 Å². The van der Waals surface area contributed by atoms with E-state index in [4.69, 9.17) is 14.2 Å². The summed E-state index contributed by atoms with van der Waals surface area (Å²) in [5, 5.41) is 0. The third-order valence-electron chi connectivity index (χ3n) is 5.88. The summed E-state index contributed by atoms with van der Waals surface area (Å²) in [4.78, 5) is 25.3. The second-order valence-corrected chi connectivity index (χ2v) is 8.09. The van der Waals surface area contributed by atoms with Gasteiger partial charge in [-0.15, -0.1) is 0 Å². The van der Waals surface area contributed by atoms with E-state index in [1.165, 1.54) is 38.5 Å². The summed E-state index contributed by atoms with van der Waals surface area (Å²) in [6.45, 7) is 5.21. The van der Waals surface area contributed by atoms with Crippen molar-refractivity contribution in [1.82, 2.24) is 0 Å². The number of carbonyl (C=O) groups excluding carboxylic acids is 2. The van der Waals surface area contributed by atoms with Crippen LogP contribution in [0, 0.1) is 5.92 Å². The summed E-state index contributed by atoms with van der Waals surface area (Å²) in [5.74, 6) is -1.14. The van der Waals surface area contributed by atoms with Gasteiger partial charge in [-0.25, -0.2) is 4.79 Å². The molecule has 2 aliphatic heterocycles. The molecule has 27 heavy (non-hydrogen) atoms. The van der Waals surface area contributed by atoms with E-state index in [9.17, 15) is 9.59 Å². The third-order valence-corrected chi connectivity index (χ3v) is 5.88. The molecule has 0 aromatic heterocycles. The van der Waals surface area contributed by atoms with E-state index in [1.807, 2.05) is 0 Å². The Labute approximate surface area is 164 Å². The summed E-state index contributed by atoms with van der Waals surface area (Å²) in [5.41, 5.74) is -1.09. The number of carbonyl (C=O) groups is 2. The lowest BCUT2D eigenvalue weighted by molar-refractivity contribution is -0.176. The quantitative estimate of drug-likeness (QED) is 0.314. The molecule has 156 valence electrons. The molecule has 0 aliphatic carbocycles. The van der Waals surface area contributed by atoms with Crippen molar-refractivity contribution in [3.8, 4) is 0 Å². The van der Waals surface area contributed by atoms with Gasteiger partial charge in [-0.2, -0.15) is 0 Å². The van der Waals surface area contributed by atoms with Gasteiger partial charge in [0.05, 0.1) is 25.2 Å². The van der Waals surface area contributed by atoms with E-state index < -0.39 is 11.5 Å². The van der Waals surface area contributed by atoms with Gasteiger partial charge >= 0.3 is 11.9 Å². The van der Waals surface area contributed by atoms with E-state index in [2.05, 4.69) is 13.8 Å². The fourth-order valence-electron chi connectivity index (χ4n) is 4.22. The topological polar surface area (TPSA) is 61.8 Å². The second kappa shape index (κ2) is 11.7. The first kappa shape index (κ1) is 22.2. The minimum absolute atomic E-state index is 0.00999. The van der Waals surface area contributed by atoms with Crippen molar-refractivity contribution in [2.75, 3.05) is 13.2 Å². The van der Waals surface area contributed by atoms with Gasteiger partial charge in [0, 0.05) is 0 Å². The number of esters is 2. The van der Waals surface area contributed by atoms with Crippen LogP contribution in [0.25, 0.3) is 0 Å². The maximum Gasteiger partial charge on any atom is 0.339 e. The van der Waals surface area contributed by atoms with Crippen LogP contribution in [0.2, 0.25) is 0 Å². The maximum atomic E-state index is 12.7. The molecule has 2 heterocycles. The van der Waals surface area contributed by atoms with Crippen molar-refractivity contribution in [3.05, 3.63) is 0 Å². The van der Waals surface area contributed by atoms with Crippen LogP contribution in [0.15, 0.2) is 0 Å². The predicted octanol–water partition coefficient (Wildman–Crippen LogP) is 4.95. The van der Waals surface area contributed by atoms with Crippen molar-refractivity contribution >= 4 is 11.9 Å². The number of fused-ring (bicyclic) bond motifs is 2. The van der Waals surface area contributed by atoms with E-state index in [0.29, 0.717) is 26.1 Å². The molecule has 3 atom stereocenters. The van der Waals surface area contributed by atoms with Crippen molar-refractivity contribution < 1.29 is 23.8 Å². The Morgan fingerprint density at radius 2 is 1.48 bits per heavy atom. The zero-order valence-electron chi connectivity index (χ0n) is 17.3. The molecule has 0 spiro atoms. The maximum absolute atomic E-state index is 12.7. The van der Waals surface area contributed by atoms with Gasteiger partial charge < -0.3 is 14.2 Å². The van der Waals surface area contributed by atoms with Crippen LogP contribution in [0.4, 0.5) is 0 Å². The summed E-state index contributed by atoms with van der Waals surface area (Å²) >= 11 is 0. The molecule has 0 aromatic rings. The van der Waals surface area contributed by atoms with Gasteiger partial charge in [-0.1, -0.05) is 65.2 Å². The highest BCUT2D eigenvalue weighted by atomic mass is 16.6. The minimum atomic E-state index is -1.09. The Balaban J connectivity index is 1.75. The number of hydrogen-bond acceptors (Lipinski definition) is 5. The van der Waals surface area contributed by atoms with Gasteiger partial charge in [0.1, 0.15) is 0 Å². The van der Waals surface area contributed by atoms with E-state index in [1.54, 1.807) is 0 Å². The van der Waals surface area contributed by atoms with Crippen molar-refractivity contribution in [2.24, 2.45) is 5.92 Å². The lowest BCUT2D eigenvalue weighted by Crippen LogP contribution is -2.47. The van der Waals surface area contributed by atoms with Gasteiger partial charge in [-0.05, 0) is 32.1 Å². The Bertz CT molecular complexity index is 464. The molecular formula is C22H38O5. The molecule has 2 aliphatic rings. The average molecular weight is 383 g/mol. The van der Waals surface area contributed by atoms with Gasteiger partial charge in [0.25, 0.3) is 0 Å². The molecule has 0 radical (unpaired) electrons. The molecule has 0 saturated carbocycles. The summed E-state index contributed by atoms with van der Waals surface area (Å²) < 4.78 is 16.9. The van der Waals surface area contributed by atoms with Crippen molar-refractivity contribution in [1.29, 1.82) is 0 Å². The molecule has 2 fully saturated rings. The lowest BCUT2D eigenvalue weighted by atomic mass is 9.78. The summed E-state index contributed by atoms with van der Waals surface area (Å²) in [6, 6.07) is 0. The SMILES string of the molecule is CCCCCCCOC(=O)C1CC2CCC1(C(=O)OCCCCCCC)O2. The first-order chi connectivity index (χ1) is 13.1. The molecule has 5 nitrogen and oxygen atoms in total. The number of unbranched alkanes of at least 4 members (excludes halogenated alkanes) is 8. The van der Waals surface area contributed by atoms with Gasteiger partial charge in [0.2, 0.25) is 0 Å². The Hall–Kier alpha value is -1.10. The van der Waals surface area contributed by atoms with E-state index in [-0.39, 0.29) is 18.0 Å². The Morgan fingerprint density at radius 1 is 0.889 bits per heavy atom. The smallest absolute Gasteiger partial charge is 0.339 e. The minimum Gasteiger partial charge on any atom is -0.465 e. The molecule has 2 saturated heterocycles. The first-order valence-corrected chi connectivity index (χ1v) is 11.2. The van der Waals surface area contributed by atoms with Gasteiger partial charge in [-0.3, -0.25) is 4.79 Å². The van der Waals surface area contributed by atoms with Crippen molar-refractivity contribution in [3.63, 3.8) is 0 Å². The molecule has 2 rings (SSSR count). The van der Waals surface area contributed by atoms with E-state index >= 15 is 0 Å². The van der Waals surface area contributed by atoms with Crippen LogP contribution in [-0.4, -0.2) is 36.9 Å². The summed E-state index contributed by atoms with van der Waals surface area (Å²) in [7, 11) is 0. The number of hydrogen-bond donors (Lipinski definition) is 0. The third kappa shape index (κ3) is 6.20. The van der Waals surface area contributed by atoms with Crippen LogP contribution in [0.5, 0.6) is 0 Å². The van der Waals surface area contributed by atoms with Crippen LogP contribution in [0.3, 0.4) is 0 Å². The second-order valence-electron chi connectivity index (χ2n) is 8.09. The average Bonchev–Trinajstić information content (AvgIpc) is 3.27. The van der Waals surface area contributed by atoms with Gasteiger partial charge in [0.15, 0.2) is 5.60 Å². The molecule has 2 bridgehead atoms. The molecule has 0 aromatic carbocycles. The largest absolute Gasteiger partial charge is 0.465 e.